The minimum atomic E-state index is -0.527. The number of halogens is 1. The number of aryl methyl sites for hydroxylation is 1. The van der Waals surface area contributed by atoms with Crippen molar-refractivity contribution in [3.63, 3.8) is 0 Å². The lowest BCUT2D eigenvalue weighted by Gasteiger charge is -2.28. The van der Waals surface area contributed by atoms with Gasteiger partial charge < -0.3 is 29.4 Å². The van der Waals surface area contributed by atoms with Crippen molar-refractivity contribution in [3.8, 4) is 11.5 Å². The third kappa shape index (κ3) is 4.99. The van der Waals surface area contributed by atoms with Gasteiger partial charge in [-0.2, -0.15) is 0 Å². The number of ether oxygens (including phenoxy) is 3. The molecular weight excluding hydrogens is 536 g/mol. The Hall–Kier alpha value is -2.73. The molecule has 4 heterocycles. The minimum Gasteiger partial charge on any atom is -0.454 e. The van der Waals surface area contributed by atoms with Crippen LogP contribution in [0.2, 0.25) is 0 Å². The van der Waals surface area contributed by atoms with Crippen molar-refractivity contribution in [3.05, 3.63) is 22.9 Å². The van der Waals surface area contributed by atoms with Crippen molar-refractivity contribution in [1.82, 2.24) is 24.4 Å². The van der Waals surface area contributed by atoms with Crippen molar-refractivity contribution < 1.29 is 19.0 Å². The van der Waals surface area contributed by atoms with E-state index in [4.69, 9.17) is 24.9 Å². The molecule has 5 rings (SSSR count). The maximum Gasteiger partial charge on any atom is 0.410 e. The molecule has 0 radical (unpaired) electrons. The number of anilines is 1. The van der Waals surface area contributed by atoms with Crippen LogP contribution in [-0.2, 0) is 11.3 Å². The van der Waals surface area contributed by atoms with E-state index in [9.17, 15) is 4.79 Å². The van der Waals surface area contributed by atoms with Crippen molar-refractivity contribution in [2.75, 3.05) is 19.1 Å². The summed E-state index contributed by atoms with van der Waals surface area (Å²) < 4.78 is 19.6. The molecule has 0 spiro atoms. The van der Waals surface area contributed by atoms with Gasteiger partial charge in [0.15, 0.2) is 33.6 Å². The molecule has 3 aromatic rings. The molecule has 1 aromatic carbocycles. The number of nitrogen functional groups attached to an aromatic ring is 1. The minimum absolute atomic E-state index is 0.0802. The number of hydrogen-bond acceptors (Lipinski definition) is 9. The molecule has 1 amide bonds. The average molecular weight is 563 g/mol. The summed E-state index contributed by atoms with van der Waals surface area (Å²) in [5.74, 6) is 1.72. The molecule has 2 N–H and O–H groups in total. The Morgan fingerprint density at radius 3 is 2.83 bits per heavy atom. The second kappa shape index (κ2) is 9.38. The zero-order valence-electron chi connectivity index (χ0n) is 19.8. The molecule has 186 valence electrons. The highest BCUT2D eigenvalue weighted by Crippen LogP contribution is 2.43. The molecule has 10 nitrogen and oxygen atoms in total. The maximum absolute atomic E-state index is 12.7. The van der Waals surface area contributed by atoms with Crippen LogP contribution >= 0.6 is 27.7 Å². The first-order valence-electron chi connectivity index (χ1n) is 11.4. The van der Waals surface area contributed by atoms with Gasteiger partial charge in [0.2, 0.25) is 6.79 Å². The van der Waals surface area contributed by atoms with Gasteiger partial charge in [-0.3, -0.25) is 0 Å². The van der Waals surface area contributed by atoms with Crippen molar-refractivity contribution in [2.45, 2.75) is 68.3 Å². The van der Waals surface area contributed by atoms with E-state index in [0.717, 1.165) is 33.8 Å². The van der Waals surface area contributed by atoms with E-state index >= 15 is 0 Å². The zero-order valence-corrected chi connectivity index (χ0v) is 22.2. The number of likely N-dealkylation sites (tertiary alicyclic amines) is 1. The fourth-order valence-electron chi connectivity index (χ4n) is 4.26. The van der Waals surface area contributed by atoms with E-state index in [1.807, 2.05) is 42.4 Å². The van der Waals surface area contributed by atoms with Gasteiger partial charge >= 0.3 is 6.09 Å². The third-order valence-electron chi connectivity index (χ3n) is 5.84. The van der Waals surface area contributed by atoms with Crippen LogP contribution in [0.5, 0.6) is 11.5 Å². The number of amides is 1. The predicted octanol–water partition coefficient (Wildman–Crippen LogP) is 4.84. The second-order valence-corrected chi connectivity index (χ2v) is 11.3. The first kappa shape index (κ1) is 24.0. The molecule has 2 aliphatic rings. The Morgan fingerprint density at radius 1 is 1.29 bits per heavy atom. The molecule has 0 bridgehead atoms. The fourth-order valence-corrected chi connectivity index (χ4v) is 5.77. The van der Waals surface area contributed by atoms with Crippen LogP contribution in [0.25, 0.3) is 11.2 Å². The smallest absolute Gasteiger partial charge is 0.410 e. The summed E-state index contributed by atoms with van der Waals surface area (Å²) in [7, 11) is 0. The molecule has 12 heteroatoms. The summed E-state index contributed by atoms with van der Waals surface area (Å²) in [6.45, 7) is 7.17. The van der Waals surface area contributed by atoms with Gasteiger partial charge in [-0.25, -0.2) is 19.7 Å². The van der Waals surface area contributed by atoms with Crippen molar-refractivity contribution in [1.29, 1.82) is 0 Å². The molecule has 0 aliphatic carbocycles. The summed E-state index contributed by atoms with van der Waals surface area (Å²) in [4.78, 5) is 28.9. The number of nitrogens with two attached hydrogens (primary N) is 1. The number of rotatable bonds is 5. The molecule has 2 aliphatic heterocycles. The highest BCUT2D eigenvalue weighted by atomic mass is 79.9. The Balaban J connectivity index is 1.41. The van der Waals surface area contributed by atoms with E-state index < -0.39 is 5.60 Å². The standard InChI is InChI=1S/C23H27BrN6O4S/c1-23(2,3)34-22(31)29-7-4-5-13(29)6-8-30-20-18(19(25)26-11-27-20)28-21(30)35-17-10-16-15(9-14(17)24)32-12-33-16/h9-11,13H,4-8,12H2,1-3H3,(H2,25,26,27)/t13-/m0/s1. The topological polar surface area (TPSA) is 118 Å². The molecular formula is C23H27BrN6O4S. The van der Waals surface area contributed by atoms with E-state index in [2.05, 4.69) is 25.9 Å². The number of hydrogen-bond donors (Lipinski definition) is 1. The van der Waals surface area contributed by atoms with Gasteiger partial charge in [-0.1, -0.05) is 11.8 Å². The van der Waals surface area contributed by atoms with Crippen LogP contribution in [0, 0.1) is 0 Å². The molecule has 1 fully saturated rings. The monoisotopic (exact) mass is 562 g/mol. The molecule has 0 saturated carbocycles. The van der Waals surface area contributed by atoms with Crippen molar-refractivity contribution in [2.24, 2.45) is 0 Å². The van der Waals surface area contributed by atoms with E-state index in [1.54, 1.807) is 0 Å². The van der Waals surface area contributed by atoms with Gasteiger partial charge in [0.25, 0.3) is 0 Å². The lowest BCUT2D eigenvalue weighted by molar-refractivity contribution is 0.0217. The maximum atomic E-state index is 12.7. The molecule has 1 atom stereocenters. The SMILES string of the molecule is CC(C)(C)OC(=O)N1CCC[C@H]1CCn1c(Sc2cc3c(cc2Br)OCO3)nc2c(N)ncnc21. The fraction of sp³-hybridized carbons (Fsp3) is 0.478. The Bertz CT molecular complexity index is 1280. The number of carbonyl (C=O) groups is 1. The number of carbonyl (C=O) groups excluding carboxylic acids is 1. The Labute approximate surface area is 215 Å². The largest absolute Gasteiger partial charge is 0.454 e. The van der Waals surface area contributed by atoms with E-state index in [1.165, 1.54) is 18.1 Å². The normalized spacial score (nSPS) is 17.4. The van der Waals surface area contributed by atoms with Gasteiger partial charge in [0.1, 0.15) is 11.9 Å². The molecule has 0 unspecified atom stereocenters. The number of aromatic nitrogens is 4. The van der Waals surface area contributed by atoms with Crippen LogP contribution in [0.3, 0.4) is 0 Å². The van der Waals surface area contributed by atoms with Gasteiger partial charge in [-0.05, 0) is 68.1 Å². The lowest BCUT2D eigenvalue weighted by Crippen LogP contribution is -2.40. The Kier molecular flexibility index (Phi) is 6.43. The number of fused-ring (bicyclic) bond motifs is 2. The third-order valence-corrected chi connectivity index (χ3v) is 7.82. The Morgan fingerprint density at radius 2 is 2.06 bits per heavy atom. The second-order valence-electron chi connectivity index (χ2n) is 9.47. The van der Waals surface area contributed by atoms with Crippen LogP contribution in [0.1, 0.15) is 40.0 Å². The molecule has 1 saturated heterocycles. The zero-order chi connectivity index (χ0) is 24.7. The number of benzene rings is 1. The number of nitrogens with zero attached hydrogens (tertiary/aromatic N) is 5. The van der Waals surface area contributed by atoms with Crippen LogP contribution in [0.4, 0.5) is 10.6 Å². The summed E-state index contributed by atoms with van der Waals surface area (Å²) >= 11 is 5.11. The molecule has 35 heavy (non-hydrogen) atoms. The van der Waals surface area contributed by atoms with Crippen molar-refractivity contribution >= 4 is 50.8 Å². The van der Waals surface area contributed by atoms with Gasteiger partial charge in [0, 0.05) is 28.5 Å². The van der Waals surface area contributed by atoms with Gasteiger partial charge in [0.05, 0.1) is 0 Å². The quantitative estimate of drug-likeness (QED) is 0.465. The summed E-state index contributed by atoms with van der Waals surface area (Å²) in [6.07, 6.45) is 3.81. The summed E-state index contributed by atoms with van der Waals surface area (Å²) in [5.41, 5.74) is 6.82. The van der Waals surface area contributed by atoms with E-state index in [-0.39, 0.29) is 18.9 Å². The van der Waals surface area contributed by atoms with Crippen LogP contribution in [0.15, 0.2) is 33.0 Å². The summed E-state index contributed by atoms with van der Waals surface area (Å²) in [6, 6.07) is 3.90. The predicted molar refractivity (Wildman–Crippen MR) is 135 cm³/mol. The highest BCUT2D eigenvalue weighted by Gasteiger charge is 2.32. The first-order chi connectivity index (χ1) is 16.7. The van der Waals surface area contributed by atoms with E-state index in [0.29, 0.717) is 41.6 Å². The number of imidazole rings is 1. The van der Waals surface area contributed by atoms with Crippen LogP contribution < -0.4 is 15.2 Å². The summed E-state index contributed by atoms with van der Waals surface area (Å²) in [5, 5.41) is 0.730. The highest BCUT2D eigenvalue weighted by molar-refractivity contribution is 9.10. The van der Waals surface area contributed by atoms with Gasteiger partial charge in [-0.15, -0.1) is 0 Å². The lowest BCUT2D eigenvalue weighted by atomic mass is 10.1. The first-order valence-corrected chi connectivity index (χ1v) is 13.0. The average Bonchev–Trinajstić information content (AvgIpc) is 3.50. The van der Waals surface area contributed by atoms with Crippen LogP contribution in [-0.4, -0.2) is 55.5 Å². The molecule has 2 aromatic heterocycles.